The number of esters is 1. The van der Waals surface area contributed by atoms with E-state index < -0.39 is 17.9 Å². The lowest BCUT2D eigenvalue weighted by molar-refractivity contribution is -0.146. The molecular formula is C11H15N3O3S. The topological polar surface area (TPSA) is 94.3 Å². The quantitative estimate of drug-likeness (QED) is 0.610. The normalized spacial score (nSPS) is 16.1. The van der Waals surface area contributed by atoms with Gasteiger partial charge in [0.05, 0.1) is 12.3 Å². The molecule has 18 heavy (non-hydrogen) atoms. The number of anilines is 1. The van der Waals surface area contributed by atoms with Gasteiger partial charge in [-0.1, -0.05) is 0 Å². The van der Waals surface area contributed by atoms with Crippen molar-refractivity contribution in [3.63, 3.8) is 0 Å². The summed E-state index contributed by atoms with van der Waals surface area (Å²) >= 11 is 1.34. The smallest absolute Gasteiger partial charge is 0.332 e. The predicted molar refractivity (Wildman–Crippen MR) is 67.3 cm³/mol. The van der Waals surface area contributed by atoms with Crippen LogP contribution in [0.4, 0.5) is 5.13 Å². The Bertz CT molecular complexity index is 456. The van der Waals surface area contributed by atoms with Gasteiger partial charge in [-0.05, 0) is 19.8 Å². The maximum atomic E-state index is 11.7. The van der Waals surface area contributed by atoms with E-state index in [-0.39, 0.29) is 6.61 Å². The van der Waals surface area contributed by atoms with Gasteiger partial charge < -0.3 is 15.8 Å². The number of carbonyl (C=O) groups excluding carboxylic acids is 2. The summed E-state index contributed by atoms with van der Waals surface area (Å²) < 4.78 is 4.67. The molecule has 1 fully saturated rings. The summed E-state index contributed by atoms with van der Waals surface area (Å²) in [6.07, 6.45) is 2.30. The average Bonchev–Trinajstić information content (AvgIpc) is 3.10. The van der Waals surface area contributed by atoms with Crippen LogP contribution in [-0.4, -0.2) is 29.5 Å². The molecule has 1 aromatic heterocycles. The molecule has 0 saturated heterocycles. The number of rotatable bonds is 5. The fraction of sp³-hybridized carbons (Fsp3) is 0.545. The molecule has 1 amide bonds. The third-order valence-electron chi connectivity index (χ3n) is 2.57. The SMILES string of the molecule is CCOC(=O)C(N)C(=O)Nc1nc(C2CC2)cs1. The Kier molecular flexibility index (Phi) is 3.93. The molecule has 0 bridgehead atoms. The summed E-state index contributed by atoms with van der Waals surface area (Å²) in [5, 5.41) is 4.92. The maximum Gasteiger partial charge on any atom is 0.332 e. The van der Waals surface area contributed by atoms with Gasteiger partial charge in [-0.15, -0.1) is 11.3 Å². The minimum Gasteiger partial charge on any atom is -0.464 e. The van der Waals surface area contributed by atoms with E-state index >= 15 is 0 Å². The first-order valence-electron chi connectivity index (χ1n) is 5.80. The Morgan fingerprint density at radius 3 is 3.00 bits per heavy atom. The number of aromatic nitrogens is 1. The highest BCUT2D eigenvalue weighted by Gasteiger charge is 2.27. The first-order chi connectivity index (χ1) is 8.61. The van der Waals surface area contributed by atoms with Crippen LogP contribution in [0.3, 0.4) is 0 Å². The number of hydrogen-bond acceptors (Lipinski definition) is 6. The predicted octanol–water partition coefficient (Wildman–Crippen LogP) is 0.849. The van der Waals surface area contributed by atoms with Gasteiger partial charge in [-0.2, -0.15) is 0 Å². The number of nitrogens with zero attached hydrogens (tertiary/aromatic N) is 1. The molecule has 1 saturated carbocycles. The molecule has 1 aromatic rings. The van der Waals surface area contributed by atoms with Gasteiger partial charge in [0, 0.05) is 11.3 Å². The monoisotopic (exact) mass is 269 g/mol. The van der Waals surface area contributed by atoms with Gasteiger partial charge in [0.25, 0.3) is 5.91 Å². The van der Waals surface area contributed by atoms with Crippen molar-refractivity contribution in [3.8, 4) is 0 Å². The van der Waals surface area contributed by atoms with E-state index in [0.717, 1.165) is 18.5 Å². The minimum atomic E-state index is -1.31. The number of nitrogens with one attached hydrogen (secondary N) is 1. The highest BCUT2D eigenvalue weighted by Crippen LogP contribution is 2.40. The van der Waals surface area contributed by atoms with Crippen LogP contribution in [0.1, 0.15) is 31.4 Å². The largest absolute Gasteiger partial charge is 0.464 e. The summed E-state index contributed by atoms with van der Waals surface area (Å²) in [6.45, 7) is 1.86. The number of amides is 1. The number of carbonyl (C=O) groups is 2. The van der Waals surface area contributed by atoms with Crippen LogP contribution in [0.25, 0.3) is 0 Å². The third kappa shape index (κ3) is 3.05. The van der Waals surface area contributed by atoms with Crippen molar-refractivity contribution in [2.45, 2.75) is 31.7 Å². The van der Waals surface area contributed by atoms with Crippen LogP contribution in [-0.2, 0) is 14.3 Å². The van der Waals surface area contributed by atoms with Crippen LogP contribution in [0.5, 0.6) is 0 Å². The van der Waals surface area contributed by atoms with Gasteiger partial charge in [-0.3, -0.25) is 4.79 Å². The zero-order valence-corrected chi connectivity index (χ0v) is 10.8. The Morgan fingerprint density at radius 2 is 2.39 bits per heavy atom. The summed E-state index contributed by atoms with van der Waals surface area (Å²) in [5.74, 6) is -0.787. The number of hydrogen-bond donors (Lipinski definition) is 2. The third-order valence-corrected chi connectivity index (χ3v) is 3.35. The maximum absolute atomic E-state index is 11.7. The van der Waals surface area contributed by atoms with Gasteiger partial charge in [0.1, 0.15) is 0 Å². The fourth-order valence-electron chi connectivity index (χ4n) is 1.43. The molecule has 2 rings (SSSR count). The van der Waals surface area contributed by atoms with Crippen LogP contribution in [0.15, 0.2) is 5.38 Å². The first-order valence-corrected chi connectivity index (χ1v) is 6.68. The second-order valence-electron chi connectivity index (χ2n) is 4.07. The lowest BCUT2D eigenvalue weighted by atomic mass is 10.3. The van der Waals surface area contributed by atoms with E-state index in [4.69, 9.17) is 5.73 Å². The zero-order chi connectivity index (χ0) is 13.1. The van der Waals surface area contributed by atoms with E-state index in [2.05, 4.69) is 15.0 Å². The lowest BCUT2D eigenvalue weighted by Crippen LogP contribution is -2.43. The summed E-state index contributed by atoms with van der Waals surface area (Å²) in [4.78, 5) is 27.2. The van der Waals surface area contributed by atoms with Gasteiger partial charge in [-0.25, -0.2) is 9.78 Å². The zero-order valence-electron chi connectivity index (χ0n) is 10.0. The van der Waals surface area contributed by atoms with Crippen molar-refractivity contribution in [2.75, 3.05) is 11.9 Å². The molecule has 98 valence electrons. The molecule has 6 nitrogen and oxygen atoms in total. The van der Waals surface area contributed by atoms with Gasteiger partial charge >= 0.3 is 5.97 Å². The molecule has 7 heteroatoms. The second kappa shape index (κ2) is 5.45. The van der Waals surface area contributed by atoms with E-state index in [1.807, 2.05) is 5.38 Å². The average molecular weight is 269 g/mol. The molecule has 0 spiro atoms. The molecule has 3 N–H and O–H groups in total. The van der Waals surface area contributed by atoms with Crippen LogP contribution in [0.2, 0.25) is 0 Å². The van der Waals surface area contributed by atoms with Crippen molar-refractivity contribution >= 4 is 28.3 Å². The molecule has 0 aromatic carbocycles. The number of ether oxygens (including phenoxy) is 1. The Morgan fingerprint density at radius 1 is 1.67 bits per heavy atom. The first kappa shape index (κ1) is 13.0. The van der Waals surface area contributed by atoms with Crippen LogP contribution >= 0.6 is 11.3 Å². The van der Waals surface area contributed by atoms with Crippen molar-refractivity contribution in [3.05, 3.63) is 11.1 Å². The Balaban J connectivity index is 1.90. The van der Waals surface area contributed by atoms with Crippen molar-refractivity contribution in [1.29, 1.82) is 0 Å². The van der Waals surface area contributed by atoms with E-state index in [1.54, 1.807) is 6.92 Å². The molecule has 1 atom stereocenters. The van der Waals surface area contributed by atoms with Gasteiger partial charge in [0.2, 0.25) is 0 Å². The minimum absolute atomic E-state index is 0.197. The van der Waals surface area contributed by atoms with E-state index in [9.17, 15) is 9.59 Å². The van der Waals surface area contributed by atoms with Crippen LogP contribution < -0.4 is 11.1 Å². The van der Waals surface area contributed by atoms with Crippen molar-refractivity contribution in [1.82, 2.24) is 4.98 Å². The Hall–Kier alpha value is -1.47. The molecule has 1 aliphatic carbocycles. The molecule has 1 heterocycles. The molecule has 0 radical (unpaired) electrons. The standard InChI is InChI=1S/C11H15N3O3S/c1-2-17-10(16)8(12)9(15)14-11-13-7(5-18-11)6-3-4-6/h5-6,8H,2-4,12H2,1H3,(H,13,14,15). The second-order valence-corrected chi connectivity index (χ2v) is 4.93. The molecule has 0 aliphatic heterocycles. The molecular weight excluding hydrogens is 254 g/mol. The number of thiazole rings is 1. The molecule has 1 aliphatic rings. The summed E-state index contributed by atoms with van der Waals surface area (Å²) in [5.41, 5.74) is 6.46. The van der Waals surface area contributed by atoms with E-state index in [0.29, 0.717) is 11.0 Å². The van der Waals surface area contributed by atoms with Crippen LogP contribution in [0, 0.1) is 0 Å². The Labute approximate surface area is 109 Å². The number of nitrogens with two attached hydrogens (primary N) is 1. The molecule has 1 unspecified atom stereocenters. The van der Waals surface area contributed by atoms with Gasteiger partial charge in [0.15, 0.2) is 11.2 Å². The summed E-state index contributed by atoms with van der Waals surface area (Å²) in [6, 6.07) is -1.31. The van der Waals surface area contributed by atoms with Crippen molar-refractivity contribution in [2.24, 2.45) is 5.73 Å². The van der Waals surface area contributed by atoms with Crippen molar-refractivity contribution < 1.29 is 14.3 Å². The fourth-order valence-corrected chi connectivity index (χ4v) is 2.23. The van der Waals surface area contributed by atoms with E-state index in [1.165, 1.54) is 11.3 Å². The summed E-state index contributed by atoms with van der Waals surface area (Å²) in [7, 11) is 0. The lowest BCUT2D eigenvalue weighted by Gasteiger charge is -2.09. The highest BCUT2D eigenvalue weighted by atomic mass is 32.1. The highest BCUT2D eigenvalue weighted by molar-refractivity contribution is 7.14.